The van der Waals surface area contributed by atoms with Crippen LogP contribution in [-0.2, 0) is 10.3 Å². The van der Waals surface area contributed by atoms with Gasteiger partial charge in [-0.25, -0.2) is 0 Å². The molecule has 20 heavy (non-hydrogen) atoms. The maximum Gasteiger partial charge on any atom is 0.248 e. The van der Waals surface area contributed by atoms with E-state index in [9.17, 15) is 4.79 Å². The van der Waals surface area contributed by atoms with Crippen LogP contribution in [0.5, 0.6) is 0 Å². The second-order valence-corrected chi connectivity index (χ2v) is 5.90. The third-order valence-electron chi connectivity index (χ3n) is 3.28. The molecule has 0 aliphatic heterocycles. The van der Waals surface area contributed by atoms with Gasteiger partial charge in [0.25, 0.3) is 0 Å². The van der Waals surface area contributed by atoms with Crippen molar-refractivity contribution >= 4 is 27.5 Å². The largest absolute Gasteiger partial charge is 0.324 e. The molecular formula is C16H17BrN2O. The molecule has 2 aromatic carbocycles. The number of hydrogen-bond acceptors (Lipinski definition) is 2. The van der Waals surface area contributed by atoms with Crippen LogP contribution in [0.3, 0.4) is 0 Å². The number of amides is 1. The molecule has 0 aromatic heterocycles. The summed E-state index contributed by atoms with van der Waals surface area (Å²) in [4.78, 5) is 12.4. The van der Waals surface area contributed by atoms with Crippen molar-refractivity contribution in [2.45, 2.75) is 19.4 Å². The lowest BCUT2D eigenvalue weighted by atomic mass is 9.92. The number of anilines is 1. The van der Waals surface area contributed by atoms with Crippen molar-refractivity contribution in [3.05, 3.63) is 64.1 Å². The molecule has 3 N–H and O–H groups in total. The molecule has 0 saturated carbocycles. The maximum atomic E-state index is 12.4. The molecule has 0 radical (unpaired) electrons. The highest BCUT2D eigenvalue weighted by Crippen LogP contribution is 2.23. The zero-order valence-electron chi connectivity index (χ0n) is 11.5. The van der Waals surface area contributed by atoms with Crippen LogP contribution in [0.1, 0.15) is 18.1 Å². The van der Waals surface area contributed by atoms with Gasteiger partial charge in [0.15, 0.2) is 0 Å². The summed E-state index contributed by atoms with van der Waals surface area (Å²) in [6, 6.07) is 15.1. The van der Waals surface area contributed by atoms with Gasteiger partial charge in [0.05, 0.1) is 0 Å². The molecule has 0 heterocycles. The van der Waals surface area contributed by atoms with Gasteiger partial charge in [0.1, 0.15) is 5.54 Å². The van der Waals surface area contributed by atoms with Gasteiger partial charge in [-0.15, -0.1) is 0 Å². The predicted octanol–water partition coefficient (Wildman–Crippen LogP) is 3.57. The molecule has 0 aliphatic carbocycles. The van der Waals surface area contributed by atoms with Crippen LogP contribution in [0.4, 0.5) is 5.69 Å². The second-order valence-electron chi connectivity index (χ2n) is 4.98. The van der Waals surface area contributed by atoms with E-state index in [2.05, 4.69) is 21.2 Å². The van der Waals surface area contributed by atoms with E-state index >= 15 is 0 Å². The smallest absolute Gasteiger partial charge is 0.248 e. The monoisotopic (exact) mass is 332 g/mol. The highest BCUT2D eigenvalue weighted by Gasteiger charge is 2.30. The molecule has 1 amide bonds. The minimum atomic E-state index is -1.07. The van der Waals surface area contributed by atoms with E-state index in [-0.39, 0.29) is 5.91 Å². The summed E-state index contributed by atoms with van der Waals surface area (Å²) < 4.78 is 0.978. The summed E-state index contributed by atoms with van der Waals surface area (Å²) in [6.07, 6.45) is 0. The topological polar surface area (TPSA) is 55.1 Å². The number of nitrogens with one attached hydrogen (secondary N) is 1. The minimum absolute atomic E-state index is 0.228. The van der Waals surface area contributed by atoms with Crippen molar-refractivity contribution in [3.63, 3.8) is 0 Å². The van der Waals surface area contributed by atoms with Gasteiger partial charge >= 0.3 is 0 Å². The van der Waals surface area contributed by atoms with Crippen molar-refractivity contribution in [3.8, 4) is 0 Å². The highest BCUT2D eigenvalue weighted by molar-refractivity contribution is 9.10. The van der Waals surface area contributed by atoms with Crippen molar-refractivity contribution in [2.75, 3.05) is 5.32 Å². The van der Waals surface area contributed by atoms with Gasteiger partial charge in [0, 0.05) is 10.2 Å². The molecule has 0 saturated heterocycles. The van der Waals surface area contributed by atoms with E-state index < -0.39 is 5.54 Å². The van der Waals surface area contributed by atoms with Crippen LogP contribution >= 0.6 is 15.9 Å². The predicted molar refractivity (Wildman–Crippen MR) is 85.5 cm³/mol. The lowest BCUT2D eigenvalue weighted by Crippen LogP contribution is -2.45. The first kappa shape index (κ1) is 14.8. The molecule has 2 rings (SSSR count). The third kappa shape index (κ3) is 3.08. The fourth-order valence-electron chi connectivity index (χ4n) is 1.93. The molecule has 1 atom stereocenters. The molecule has 0 aliphatic rings. The van der Waals surface area contributed by atoms with Gasteiger partial charge < -0.3 is 11.1 Å². The van der Waals surface area contributed by atoms with Crippen LogP contribution in [0.15, 0.2) is 53.0 Å². The number of benzene rings is 2. The normalized spacial score (nSPS) is 13.6. The Morgan fingerprint density at radius 3 is 2.45 bits per heavy atom. The molecule has 3 nitrogen and oxygen atoms in total. The number of halogens is 1. The summed E-state index contributed by atoms with van der Waals surface area (Å²) in [6.45, 7) is 3.66. The van der Waals surface area contributed by atoms with Gasteiger partial charge in [-0.3, -0.25) is 4.79 Å². The number of nitrogens with two attached hydrogens (primary N) is 1. The number of hydrogen-bond donors (Lipinski definition) is 2. The fraction of sp³-hybridized carbons (Fsp3) is 0.188. The van der Waals surface area contributed by atoms with Crippen molar-refractivity contribution in [1.82, 2.24) is 0 Å². The molecule has 4 heteroatoms. The van der Waals surface area contributed by atoms with Crippen LogP contribution in [0, 0.1) is 6.92 Å². The first-order valence-electron chi connectivity index (χ1n) is 6.33. The molecule has 0 fully saturated rings. The van der Waals surface area contributed by atoms with E-state index in [0.29, 0.717) is 0 Å². The fourth-order valence-corrected chi connectivity index (χ4v) is 2.41. The first-order chi connectivity index (χ1) is 9.41. The van der Waals surface area contributed by atoms with Crippen molar-refractivity contribution < 1.29 is 4.79 Å². The zero-order valence-corrected chi connectivity index (χ0v) is 13.1. The SMILES string of the molecule is Cc1cc(Br)ccc1NC(=O)C(C)(N)c1ccccc1. The van der Waals surface area contributed by atoms with Crippen LogP contribution in [0.25, 0.3) is 0 Å². The van der Waals surface area contributed by atoms with E-state index in [4.69, 9.17) is 5.73 Å². The Morgan fingerprint density at radius 1 is 1.20 bits per heavy atom. The molecular weight excluding hydrogens is 316 g/mol. The van der Waals surface area contributed by atoms with E-state index in [1.54, 1.807) is 6.92 Å². The second kappa shape index (κ2) is 5.77. The molecule has 2 aromatic rings. The molecule has 104 valence electrons. The minimum Gasteiger partial charge on any atom is -0.324 e. The Kier molecular flexibility index (Phi) is 4.26. The number of carbonyl (C=O) groups is 1. The third-order valence-corrected chi connectivity index (χ3v) is 3.78. The number of rotatable bonds is 3. The van der Waals surface area contributed by atoms with E-state index in [1.165, 1.54) is 0 Å². The van der Waals surface area contributed by atoms with Crippen LogP contribution < -0.4 is 11.1 Å². The zero-order chi connectivity index (χ0) is 14.8. The van der Waals surface area contributed by atoms with Crippen LogP contribution in [-0.4, -0.2) is 5.91 Å². The summed E-state index contributed by atoms with van der Waals surface area (Å²) in [5.74, 6) is -0.228. The summed E-state index contributed by atoms with van der Waals surface area (Å²) in [5.41, 5.74) is 7.66. The van der Waals surface area contributed by atoms with Crippen molar-refractivity contribution in [2.24, 2.45) is 5.73 Å². The Labute approximate surface area is 127 Å². The maximum absolute atomic E-state index is 12.4. The quantitative estimate of drug-likeness (QED) is 0.902. The first-order valence-corrected chi connectivity index (χ1v) is 7.12. The van der Waals surface area contributed by atoms with E-state index in [0.717, 1.165) is 21.3 Å². The Balaban J connectivity index is 2.23. The lowest BCUT2D eigenvalue weighted by Gasteiger charge is -2.24. The summed E-state index contributed by atoms with van der Waals surface area (Å²) >= 11 is 3.40. The van der Waals surface area contributed by atoms with Crippen LogP contribution in [0.2, 0.25) is 0 Å². The van der Waals surface area contributed by atoms with Gasteiger partial charge in [-0.05, 0) is 43.2 Å². The average Bonchev–Trinajstić information content (AvgIpc) is 2.42. The Hall–Kier alpha value is -1.65. The molecule has 0 spiro atoms. The van der Waals surface area contributed by atoms with Gasteiger partial charge in [-0.2, -0.15) is 0 Å². The highest BCUT2D eigenvalue weighted by atomic mass is 79.9. The molecule has 1 unspecified atom stereocenters. The number of aryl methyl sites for hydroxylation is 1. The lowest BCUT2D eigenvalue weighted by molar-refractivity contribution is -0.120. The summed E-state index contributed by atoms with van der Waals surface area (Å²) in [7, 11) is 0. The van der Waals surface area contributed by atoms with Gasteiger partial charge in [-0.1, -0.05) is 46.3 Å². The van der Waals surface area contributed by atoms with Gasteiger partial charge in [0.2, 0.25) is 5.91 Å². The number of carbonyl (C=O) groups excluding carboxylic acids is 1. The average molecular weight is 333 g/mol. The van der Waals surface area contributed by atoms with E-state index in [1.807, 2.05) is 55.5 Å². The molecule has 0 bridgehead atoms. The van der Waals surface area contributed by atoms with Crippen molar-refractivity contribution in [1.29, 1.82) is 0 Å². The summed E-state index contributed by atoms with van der Waals surface area (Å²) in [5, 5.41) is 2.89. The Bertz CT molecular complexity index is 624. The Morgan fingerprint density at radius 2 is 1.85 bits per heavy atom. The standard InChI is InChI=1S/C16H17BrN2O/c1-11-10-13(17)8-9-14(11)19-15(20)16(2,18)12-6-4-3-5-7-12/h3-10H,18H2,1-2H3,(H,19,20).